The zero-order chi connectivity index (χ0) is 26.3. The van der Waals surface area contributed by atoms with Gasteiger partial charge in [-0.3, -0.25) is 9.69 Å². The number of amides is 1. The van der Waals surface area contributed by atoms with Crippen LogP contribution in [0.3, 0.4) is 0 Å². The van der Waals surface area contributed by atoms with Crippen LogP contribution in [0.2, 0.25) is 0 Å². The minimum absolute atomic E-state index is 0.0150. The lowest BCUT2D eigenvalue weighted by atomic mass is 10.0. The summed E-state index contributed by atoms with van der Waals surface area (Å²) in [5.74, 6) is 1.50. The minimum atomic E-state index is -0.0150. The molecular formula is C30H38N4O4. The molecule has 0 radical (unpaired) electrons. The van der Waals surface area contributed by atoms with E-state index in [2.05, 4.69) is 21.9 Å². The second-order valence-corrected chi connectivity index (χ2v) is 10.1. The van der Waals surface area contributed by atoms with Crippen LogP contribution in [0.5, 0.6) is 5.75 Å². The van der Waals surface area contributed by atoms with Gasteiger partial charge in [0.05, 0.1) is 32.4 Å². The highest BCUT2D eigenvalue weighted by Gasteiger charge is 2.30. The first kappa shape index (κ1) is 26.3. The van der Waals surface area contributed by atoms with E-state index in [1.807, 2.05) is 59.5 Å². The molecule has 2 saturated heterocycles. The lowest BCUT2D eigenvalue weighted by Crippen LogP contribution is -2.43. The molecule has 2 fully saturated rings. The first-order valence-electron chi connectivity index (χ1n) is 13.7. The first-order chi connectivity index (χ1) is 18.6. The summed E-state index contributed by atoms with van der Waals surface area (Å²) < 4.78 is 16.9. The highest BCUT2D eigenvalue weighted by Crippen LogP contribution is 2.35. The number of nitrogens with zero attached hydrogens (tertiary/aromatic N) is 4. The van der Waals surface area contributed by atoms with E-state index >= 15 is 0 Å². The molecule has 2 aromatic carbocycles. The fourth-order valence-electron chi connectivity index (χ4n) is 5.34. The van der Waals surface area contributed by atoms with Gasteiger partial charge >= 0.3 is 0 Å². The zero-order valence-corrected chi connectivity index (χ0v) is 22.5. The number of piperidine rings is 1. The van der Waals surface area contributed by atoms with Crippen molar-refractivity contribution in [2.45, 2.75) is 38.8 Å². The van der Waals surface area contributed by atoms with E-state index in [0.717, 1.165) is 80.7 Å². The Labute approximate surface area is 225 Å². The van der Waals surface area contributed by atoms with E-state index in [-0.39, 0.29) is 5.91 Å². The number of hydrogen-bond acceptors (Lipinski definition) is 7. The molecule has 8 heteroatoms. The van der Waals surface area contributed by atoms with Crippen molar-refractivity contribution in [3.63, 3.8) is 0 Å². The molecule has 202 valence electrons. The number of anilines is 1. The third-order valence-electron chi connectivity index (χ3n) is 7.64. The van der Waals surface area contributed by atoms with E-state index in [4.69, 9.17) is 14.0 Å². The predicted octanol–water partition coefficient (Wildman–Crippen LogP) is 4.70. The Bertz CT molecular complexity index is 1170. The summed E-state index contributed by atoms with van der Waals surface area (Å²) in [4.78, 5) is 20.5. The fourth-order valence-corrected chi connectivity index (χ4v) is 5.34. The third-order valence-corrected chi connectivity index (χ3v) is 7.64. The Kier molecular flexibility index (Phi) is 8.61. The van der Waals surface area contributed by atoms with Gasteiger partial charge in [-0.1, -0.05) is 35.5 Å². The van der Waals surface area contributed by atoms with Crippen molar-refractivity contribution < 1.29 is 18.8 Å². The summed E-state index contributed by atoms with van der Waals surface area (Å²) in [6.45, 7) is 8.19. The predicted molar refractivity (Wildman–Crippen MR) is 148 cm³/mol. The molecule has 0 aliphatic carbocycles. The monoisotopic (exact) mass is 518 g/mol. The topological polar surface area (TPSA) is 71.3 Å². The Morgan fingerprint density at radius 2 is 1.82 bits per heavy atom. The molecule has 1 atom stereocenters. The highest BCUT2D eigenvalue weighted by atomic mass is 16.5. The van der Waals surface area contributed by atoms with Gasteiger partial charge < -0.3 is 23.8 Å². The molecule has 8 nitrogen and oxygen atoms in total. The fraction of sp³-hybridized carbons (Fsp3) is 0.467. The van der Waals surface area contributed by atoms with Crippen LogP contribution in [-0.2, 0) is 11.3 Å². The summed E-state index contributed by atoms with van der Waals surface area (Å²) in [6, 6.07) is 17.8. The first-order valence-corrected chi connectivity index (χ1v) is 13.7. The number of methoxy groups -OCH3 is 1. The Hall–Kier alpha value is -3.36. The van der Waals surface area contributed by atoms with Crippen LogP contribution in [0.25, 0.3) is 11.3 Å². The van der Waals surface area contributed by atoms with Crippen molar-refractivity contribution in [1.29, 1.82) is 0 Å². The number of hydrogen-bond donors (Lipinski definition) is 0. The maximum Gasteiger partial charge on any atom is 0.254 e. The largest absolute Gasteiger partial charge is 0.497 e. The Balaban J connectivity index is 1.48. The molecule has 3 aromatic rings. The van der Waals surface area contributed by atoms with Crippen molar-refractivity contribution in [3.8, 4) is 17.0 Å². The van der Waals surface area contributed by atoms with Crippen LogP contribution >= 0.6 is 0 Å². The van der Waals surface area contributed by atoms with Crippen LogP contribution in [-0.4, -0.2) is 80.0 Å². The molecule has 1 amide bonds. The molecular weight excluding hydrogens is 480 g/mol. The van der Waals surface area contributed by atoms with Gasteiger partial charge in [0.25, 0.3) is 5.91 Å². The molecule has 0 spiro atoms. The van der Waals surface area contributed by atoms with Crippen LogP contribution in [0, 0.1) is 0 Å². The number of ether oxygens (including phenoxy) is 2. The van der Waals surface area contributed by atoms with Gasteiger partial charge in [0.1, 0.15) is 11.4 Å². The SMILES string of the molecule is COc1ccc(C(=O)N(CCN2CCOCC2)Cc2c(-c3ccccc3)noc2N2CCCCC2C)cc1. The normalized spacial score (nSPS) is 18.4. The third kappa shape index (κ3) is 6.03. The average Bonchev–Trinajstić information content (AvgIpc) is 3.39. The molecule has 0 saturated carbocycles. The summed E-state index contributed by atoms with van der Waals surface area (Å²) in [6.07, 6.45) is 3.46. The smallest absolute Gasteiger partial charge is 0.254 e. The second kappa shape index (κ2) is 12.5. The van der Waals surface area contributed by atoms with Gasteiger partial charge in [-0.25, -0.2) is 0 Å². The number of aromatic nitrogens is 1. The minimum Gasteiger partial charge on any atom is -0.497 e. The summed E-state index contributed by atoms with van der Waals surface area (Å²) >= 11 is 0. The average molecular weight is 519 g/mol. The molecule has 3 heterocycles. The van der Waals surface area contributed by atoms with Crippen molar-refractivity contribution in [3.05, 3.63) is 65.7 Å². The lowest BCUT2D eigenvalue weighted by molar-refractivity contribution is 0.0320. The van der Waals surface area contributed by atoms with Crippen molar-refractivity contribution >= 4 is 11.8 Å². The van der Waals surface area contributed by atoms with Gasteiger partial charge in [0.2, 0.25) is 5.88 Å². The molecule has 2 aliphatic rings. The maximum absolute atomic E-state index is 13.9. The summed E-state index contributed by atoms with van der Waals surface area (Å²) in [7, 11) is 1.63. The number of rotatable bonds is 9. The van der Waals surface area contributed by atoms with E-state index in [0.29, 0.717) is 24.7 Å². The van der Waals surface area contributed by atoms with Crippen LogP contribution in [0.4, 0.5) is 5.88 Å². The van der Waals surface area contributed by atoms with Gasteiger partial charge in [-0.15, -0.1) is 0 Å². The zero-order valence-electron chi connectivity index (χ0n) is 22.5. The standard InChI is InChI=1S/C30H38N4O4/c1-23-8-6-7-15-34(23)30-27(28(31-38-30)24-9-4-3-5-10-24)22-33(17-16-32-18-20-37-21-19-32)29(35)25-11-13-26(36-2)14-12-25/h3-5,9-14,23H,6-8,15-22H2,1-2H3. The molecule has 1 unspecified atom stereocenters. The summed E-state index contributed by atoms with van der Waals surface area (Å²) in [5.41, 5.74) is 3.40. The van der Waals surface area contributed by atoms with Crippen molar-refractivity contribution in [2.24, 2.45) is 0 Å². The molecule has 1 aromatic heterocycles. The summed E-state index contributed by atoms with van der Waals surface area (Å²) in [5, 5.41) is 4.56. The van der Waals surface area contributed by atoms with Gasteiger partial charge in [0.15, 0.2) is 0 Å². The lowest BCUT2D eigenvalue weighted by Gasteiger charge is -2.34. The highest BCUT2D eigenvalue weighted by molar-refractivity contribution is 5.94. The number of carbonyl (C=O) groups is 1. The van der Waals surface area contributed by atoms with E-state index in [9.17, 15) is 4.79 Å². The molecule has 5 rings (SSSR count). The quantitative estimate of drug-likeness (QED) is 0.407. The molecule has 2 aliphatic heterocycles. The molecule has 0 bridgehead atoms. The van der Waals surface area contributed by atoms with E-state index < -0.39 is 0 Å². The van der Waals surface area contributed by atoms with Gasteiger partial charge in [0, 0.05) is 49.9 Å². The number of morpholine rings is 1. The van der Waals surface area contributed by atoms with E-state index in [1.165, 1.54) is 6.42 Å². The second-order valence-electron chi connectivity index (χ2n) is 10.1. The Morgan fingerprint density at radius 3 is 2.53 bits per heavy atom. The van der Waals surface area contributed by atoms with Crippen LogP contribution in [0.1, 0.15) is 42.1 Å². The maximum atomic E-state index is 13.9. The van der Waals surface area contributed by atoms with Crippen molar-refractivity contribution in [1.82, 2.24) is 15.0 Å². The van der Waals surface area contributed by atoms with Crippen LogP contribution in [0.15, 0.2) is 59.1 Å². The van der Waals surface area contributed by atoms with Gasteiger partial charge in [-0.05, 0) is 50.5 Å². The van der Waals surface area contributed by atoms with Gasteiger partial charge in [-0.2, -0.15) is 0 Å². The van der Waals surface area contributed by atoms with E-state index in [1.54, 1.807) is 7.11 Å². The molecule has 0 N–H and O–H groups in total. The van der Waals surface area contributed by atoms with Crippen molar-refractivity contribution in [2.75, 3.05) is 57.9 Å². The van der Waals surface area contributed by atoms with Crippen LogP contribution < -0.4 is 9.64 Å². The molecule has 38 heavy (non-hydrogen) atoms. The number of benzene rings is 2. The Morgan fingerprint density at radius 1 is 1.05 bits per heavy atom. The number of carbonyl (C=O) groups excluding carboxylic acids is 1.